The molecule has 0 heterocycles. The molecule has 1 unspecified atom stereocenters. The minimum atomic E-state index is -4.07. The van der Waals surface area contributed by atoms with Crippen molar-refractivity contribution in [3.8, 4) is 0 Å². The van der Waals surface area contributed by atoms with E-state index in [4.69, 9.17) is 4.74 Å². The van der Waals surface area contributed by atoms with Crippen molar-refractivity contribution >= 4 is 15.8 Å². The number of methoxy groups -OCH3 is 1. The fourth-order valence-corrected chi connectivity index (χ4v) is 7.82. The Bertz CT molecular complexity index is 845. The van der Waals surface area contributed by atoms with Crippen LogP contribution in [0, 0.1) is 5.41 Å². The summed E-state index contributed by atoms with van der Waals surface area (Å²) in [6, 6.07) is 0. The first kappa shape index (κ1) is 28.8. The van der Waals surface area contributed by atoms with Gasteiger partial charge in [0.1, 0.15) is 5.67 Å². The highest BCUT2D eigenvalue weighted by Crippen LogP contribution is 2.47. The van der Waals surface area contributed by atoms with Crippen LogP contribution in [-0.2, 0) is 19.4 Å². The van der Waals surface area contributed by atoms with Crippen molar-refractivity contribution in [3.63, 3.8) is 0 Å². The second kappa shape index (κ2) is 12.5. The van der Waals surface area contributed by atoms with Crippen molar-refractivity contribution in [1.29, 1.82) is 0 Å². The molecule has 0 aromatic carbocycles. The first-order valence-corrected chi connectivity index (χ1v) is 14.7. The van der Waals surface area contributed by atoms with Gasteiger partial charge in [0.25, 0.3) is 0 Å². The average molecular weight is 497 g/mol. The fourth-order valence-electron chi connectivity index (χ4n) is 5.73. The van der Waals surface area contributed by atoms with Crippen LogP contribution in [0.25, 0.3) is 0 Å². The number of ether oxygens (including phenoxy) is 1. The van der Waals surface area contributed by atoms with E-state index in [2.05, 4.69) is 13.8 Å². The van der Waals surface area contributed by atoms with Crippen LogP contribution in [0.4, 0.5) is 4.39 Å². The van der Waals surface area contributed by atoms with Gasteiger partial charge >= 0.3 is 5.97 Å². The molecule has 2 aliphatic carbocycles. The molecule has 34 heavy (non-hydrogen) atoms. The van der Waals surface area contributed by atoms with E-state index in [-0.39, 0.29) is 23.2 Å². The molecule has 0 aliphatic heterocycles. The van der Waals surface area contributed by atoms with Crippen molar-refractivity contribution in [2.45, 2.75) is 121 Å². The maximum absolute atomic E-state index is 14.4. The molecule has 1 atom stereocenters. The summed E-state index contributed by atoms with van der Waals surface area (Å²) in [7, 11) is -2.81. The van der Waals surface area contributed by atoms with Crippen LogP contribution in [0.15, 0.2) is 35.3 Å². The van der Waals surface area contributed by atoms with E-state index in [1.165, 1.54) is 95.8 Å². The van der Waals surface area contributed by atoms with E-state index in [1.807, 2.05) is 0 Å². The summed E-state index contributed by atoms with van der Waals surface area (Å²) in [6.07, 6.45) is 19.9. The smallest absolute Gasteiger partial charge is 0.327 e. The van der Waals surface area contributed by atoms with Crippen LogP contribution in [0.5, 0.6) is 0 Å². The highest BCUT2D eigenvalue weighted by molar-refractivity contribution is 7.97. The topological polar surface area (TPSA) is 60.4 Å². The zero-order valence-electron chi connectivity index (χ0n) is 21.7. The quantitative estimate of drug-likeness (QED) is 0.219. The van der Waals surface area contributed by atoms with Gasteiger partial charge in [-0.25, -0.2) is 12.8 Å². The first-order chi connectivity index (χ1) is 16.1. The van der Waals surface area contributed by atoms with Crippen LogP contribution < -0.4 is 0 Å². The molecule has 0 N–H and O–H groups in total. The molecule has 4 nitrogen and oxygen atoms in total. The number of hydrogen-bond acceptors (Lipinski definition) is 4. The Morgan fingerprint density at radius 1 is 0.971 bits per heavy atom. The van der Waals surface area contributed by atoms with E-state index in [0.717, 1.165) is 12.8 Å². The third kappa shape index (κ3) is 6.83. The van der Waals surface area contributed by atoms with Crippen molar-refractivity contribution in [3.05, 3.63) is 35.3 Å². The van der Waals surface area contributed by atoms with Gasteiger partial charge in [-0.1, -0.05) is 71.3 Å². The molecule has 1 fully saturated rings. The van der Waals surface area contributed by atoms with Gasteiger partial charge in [-0.3, -0.25) is 4.79 Å². The lowest BCUT2D eigenvalue weighted by molar-refractivity contribution is -0.144. The predicted molar refractivity (Wildman–Crippen MR) is 138 cm³/mol. The highest BCUT2D eigenvalue weighted by atomic mass is 32.2. The van der Waals surface area contributed by atoms with E-state index in [1.54, 1.807) is 0 Å². The summed E-state index contributed by atoms with van der Waals surface area (Å²) in [5, 5.41) is 0. The van der Waals surface area contributed by atoms with E-state index < -0.39 is 26.2 Å². The number of rotatable bonds is 11. The summed E-state index contributed by atoms with van der Waals surface area (Å²) in [5.41, 5.74) is -1.50. The lowest BCUT2D eigenvalue weighted by Gasteiger charge is -2.40. The number of alkyl halides is 1. The minimum absolute atomic E-state index is 0.0201. The van der Waals surface area contributed by atoms with Crippen molar-refractivity contribution in [1.82, 2.24) is 0 Å². The number of hydrogen-bond donors (Lipinski definition) is 0. The molecular formula is C28H45FO4S. The van der Waals surface area contributed by atoms with E-state index in [0.29, 0.717) is 12.8 Å². The highest BCUT2D eigenvalue weighted by Gasteiger charge is 2.53. The van der Waals surface area contributed by atoms with E-state index in [9.17, 15) is 17.6 Å². The first-order valence-electron chi connectivity index (χ1n) is 13.2. The Labute approximate surface area is 207 Å². The lowest BCUT2D eigenvalue weighted by Crippen LogP contribution is -2.48. The number of unbranched alkanes of at least 4 members (excludes halogenated alkanes) is 4. The van der Waals surface area contributed by atoms with Gasteiger partial charge in [0.15, 0.2) is 14.6 Å². The largest absolute Gasteiger partial charge is 0.468 e. The number of carbonyl (C=O) groups excluding carboxylic acids is 1. The maximum atomic E-state index is 14.4. The normalized spacial score (nSPS) is 24.6. The number of sulfone groups is 1. The fraction of sp³-hybridized carbons (Fsp3) is 0.750. The molecule has 194 valence electrons. The lowest BCUT2D eigenvalue weighted by atomic mass is 9.68. The summed E-state index contributed by atoms with van der Waals surface area (Å²) in [4.78, 5) is 13.1. The SMILES string of the molecule is CCCCCC1(CCCCC)CCCC(C(=O)OC)(S(=O)(=O)C2=CC=CC(C)(F)C=C2)CCC1. The average Bonchev–Trinajstić information content (AvgIpc) is 2.96. The van der Waals surface area contributed by atoms with Gasteiger partial charge in [-0.2, -0.15) is 0 Å². The zero-order chi connectivity index (χ0) is 25.3. The van der Waals surface area contributed by atoms with Gasteiger partial charge in [-0.15, -0.1) is 0 Å². The van der Waals surface area contributed by atoms with Gasteiger partial charge in [0, 0.05) is 0 Å². The summed E-state index contributed by atoms with van der Waals surface area (Å²) < 4.78 is 45.7. The van der Waals surface area contributed by atoms with Crippen LogP contribution in [0.1, 0.15) is 111 Å². The zero-order valence-corrected chi connectivity index (χ0v) is 22.5. The number of halogens is 1. The number of esters is 1. The Kier molecular flexibility index (Phi) is 10.6. The summed E-state index contributed by atoms with van der Waals surface area (Å²) in [6.45, 7) is 5.80. The molecule has 1 saturated carbocycles. The Hall–Kier alpha value is -1.43. The van der Waals surface area contributed by atoms with Gasteiger partial charge in [0.05, 0.1) is 12.0 Å². The molecule has 2 aliphatic rings. The molecule has 0 spiro atoms. The number of allylic oxidation sites excluding steroid dienone is 5. The molecule has 0 aromatic rings. The molecule has 0 aromatic heterocycles. The molecule has 2 rings (SSSR count). The number of carbonyl (C=O) groups is 1. The molecule has 0 radical (unpaired) electrons. The minimum Gasteiger partial charge on any atom is -0.468 e. The molecule has 0 saturated heterocycles. The Balaban J connectivity index is 2.33. The van der Waals surface area contributed by atoms with Crippen LogP contribution in [-0.4, -0.2) is 31.9 Å². The molecule has 0 amide bonds. The Morgan fingerprint density at radius 2 is 1.53 bits per heavy atom. The van der Waals surface area contributed by atoms with Gasteiger partial charge in [-0.05, 0) is 75.2 Å². The Morgan fingerprint density at radius 3 is 2.03 bits per heavy atom. The van der Waals surface area contributed by atoms with Crippen LogP contribution >= 0.6 is 0 Å². The molecule has 6 heteroatoms. The monoisotopic (exact) mass is 496 g/mol. The standard InChI is InChI=1S/C28H45FO4S/c1-5-7-9-17-27(18-10-8-6-2)19-12-21-28(22-13-20-27,25(30)33-4)34(31,32)24-14-11-16-26(3,29)23-15-24/h11,14-16,23H,5-10,12-13,17-22H2,1-4H3. The van der Waals surface area contributed by atoms with E-state index >= 15 is 0 Å². The molecule has 0 bridgehead atoms. The maximum Gasteiger partial charge on any atom is 0.327 e. The predicted octanol–water partition coefficient (Wildman–Crippen LogP) is 7.55. The summed E-state index contributed by atoms with van der Waals surface area (Å²) in [5.74, 6) is -0.692. The third-order valence-corrected chi connectivity index (χ3v) is 10.3. The third-order valence-electron chi connectivity index (χ3n) is 7.83. The van der Waals surface area contributed by atoms with Crippen molar-refractivity contribution in [2.24, 2.45) is 5.41 Å². The summed E-state index contributed by atoms with van der Waals surface area (Å²) >= 11 is 0. The van der Waals surface area contributed by atoms with Crippen LogP contribution in [0.3, 0.4) is 0 Å². The second-order valence-corrected chi connectivity index (χ2v) is 12.8. The second-order valence-electron chi connectivity index (χ2n) is 10.5. The van der Waals surface area contributed by atoms with Crippen molar-refractivity contribution < 1.29 is 22.3 Å². The van der Waals surface area contributed by atoms with Gasteiger partial charge < -0.3 is 4.74 Å². The van der Waals surface area contributed by atoms with Crippen molar-refractivity contribution in [2.75, 3.05) is 7.11 Å². The van der Waals surface area contributed by atoms with Crippen LogP contribution in [0.2, 0.25) is 0 Å². The van der Waals surface area contributed by atoms with Gasteiger partial charge in [0.2, 0.25) is 0 Å². The molecular weight excluding hydrogens is 451 g/mol.